The van der Waals surface area contributed by atoms with Crippen LogP contribution in [-0.4, -0.2) is 20.7 Å². The van der Waals surface area contributed by atoms with E-state index < -0.39 is 0 Å². The molecule has 1 atom stereocenters. The fraction of sp³-hybridized carbons (Fsp3) is 0.200. The number of hydrogen-bond donors (Lipinski definition) is 0. The molecule has 15 heavy (non-hydrogen) atoms. The quantitative estimate of drug-likeness (QED) is 0.545. The average molecular weight is 203 g/mol. The van der Waals surface area contributed by atoms with Gasteiger partial charge in [-0.2, -0.15) is 0 Å². The summed E-state index contributed by atoms with van der Waals surface area (Å²) < 4.78 is 5.04. The number of ketones is 1. The van der Waals surface area contributed by atoms with E-state index in [1.165, 1.54) is 6.33 Å². The standard InChI is InChI=1S/C10H9N3O2/c1-6(2)8(14)10-12-5-11-9(13-10)7-3-4-15-7/h3-5,7H,1H2,2H3. The van der Waals surface area contributed by atoms with Crippen LogP contribution in [0, 0.1) is 0 Å². The minimum absolute atomic E-state index is 0.108. The number of ether oxygens (including phenoxy) is 1. The molecule has 1 aromatic rings. The molecule has 2 rings (SSSR count). The van der Waals surface area contributed by atoms with Gasteiger partial charge in [0.2, 0.25) is 11.6 Å². The lowest BCUT2D eigenvalue weighted by atomic mass is 10.2. The Bertz CT molecular complexity index is 454. The van der Waals surface area contributed by atoms with Crippen LogP contribution in [0.15, 0.2) is 30.8 Å². The minimum atomic E-state index is -0.276. The summed E-state index contributed by atoms with van der Waals surface area (Å²) in [5, 5.41) is 0. The van der Waals surface area contributed by atoms with Gasteiger partial charge in [-0.15, -0.1) is 0 Å². The van der Waals surface area contributed by atoms with Gasteiger partial charge in [0.1, 0.15) is 6.33 Å². The number of rotatable bonds is 3. The topological polar surface area (TPSA) is 65.0 Å². The zero-order valence-electron chi connectivity index (χ0n) is 8.17. The van der Waals surface area contributed by atoms with Gasteiger partial charge in [0.15, 0.2) is 11.9 Å². The Balaban J connectivity index is 2.30. The Morgan fingerprint density at radius 1 is 1.53 bits per heavy atom. The average Bonchev–Trinajstić information content (AvgIpc) is 2.14. The van der Waals surface area contributed by atoms with E-state index in [0.29, 0.717) is 11.4 Å². The lowest BCUT2D eigenvalue weighted by Gasteiger charge is -2.17. The highest BCUT2D eigenvalue weighted by Gasteiger charge is 2.20. The van der Waals surface area contributed by atoms with Crippen LogP contribution in [0.25, 0.3) is 0 Å². The summed E-state index contributed by atoms with van der Waals surface area (Å²) in [5.74, 6) is 0.274. The van der Waals surface area contributed by atoms with Crippen LogP contribution in [0.4, 0.5) is 0 Å². The maximum atomic E-state index is 11.5. The number of hydrogen-bond acceptors (Lipinski definition) is 5. The number of carbonyl (C=O) groups excluding carboxylic acids is 1. The van der Waals surface area contributed by atoms with Crippen molar-refractivity contribution in [2.45, 2.75) is 13.0 Å². The molecule has 0 aromatic carbocycles. The fourth-order valence-corrected chi connectivity index (χ4v) is 1.05. The highest BCUT2D eigenvalue weighted by atomic mass is 16.5. The molecule has 1 aliphatic heterocycles. The van der Waals surface area contributed by atoms with Gasteiger partial charge in [0, 0.05) is 0 Å². The van der Waals surface area contributed by atoms with E-state index in [1.54, 1.807) is 19.3 Å². The van der Waals surface area contributed by atoms with Crippen LogP contribution in [-0.2, 0) is 4.74 Å². The molecule has 0 aliphatic carbocycles. The summed E-state index contributed by atoms with van der Waals surface area (Å²) >= 11 is 0. The molecule has 5 heteroatoms. The van der Waals surface area contributed by atoms with E-state index in [1.807, 2.05) is 0 Å². The summed E-state index contributed by atoms with van der Waals surface area (Å²) in [6.07, 6.45) is 4.39. The monoisotopic (exact) mass is 203 g/mol. The fourth-order valence-electron chi connectivity index (χ4n) is 1.05. The first-order valence-electron chi connectivity index (χ1n) is 4.40. The largest absolute Gasteiger partial charge is 0.486 e. The van der Waals surface area contributed by atoms with Crippen molar-refractivity contribution in [2.24, 2.45) is 0 Å². The van der Waals surface area contributed by atoms with Gasteiger partial charge in [-0.25, -0.2) is 15.0 Å². The lowest BCUT2D eigenvalue weighted by Crippen LogP contribution is -2.14. The molecular formula is C10H9N3O2. The van der Waals surface area contributed by atoms with Gasteiger partial charge in [-0.3, -0.25) is 4.79 Å². The molecule has 5 nitrogen and oxygen atoms in total. The van der Waals surface area contributed by atoms with Crippen LogP contribution < -0.4 is 0 Å². The molecule has 76 valence electrons. The summed E-state index contributed by atoms with van der Waals surface area (Å²) in [5.41, 5.74) is 0.400. The normalized spacial score (nSPS) is 17.8. The van der Waals surface area contributed by atoms with E-state index in [-0.39, 0.29) is 17.7 Å². The van der Waals surface area contributed by atoms with Crippen LogP contribution in [0.2, 0.25) is 0 Å². The number of carbonyl (C=O) groups is 1. The molecule has 0 radical (unpaired) electrons. The van der Waals surface area contributed by atoms with Crippen molar-refractivity contribution < 1.29 is 9.53 Å². The Morgan fingerprint density at radius 2 is 2.27 bits per heavy atom. The Labute approximate surface area is 86.5 Å². The first kappa shape index (κ1) is 9.51. The van der Waals surface area contributed by atoms with E-state index >= 15 is 0 Å². The third-order valence-corrected chi connectivity index (χ3v) is 1.91. The van der Waals surface area contributed by atoms with Crippen molar-refractivity contribution in [1.29, 1.82) is 0 Å². The number of Topliss-reactive ketones (excluding diaryl/α,β-unsaturated/α-hetero) is 1. The van der Waals surface area contributed by atoms with Gasteiger partial charge in [-0.1, -0.05) is 6.58 Å². The first-order valence-corrected chi connectivity index (χ1v) is 4.40. The van der Waals surface area contributed by atoms with E-state index in [9.17, 15) is 4.79 Å². The molecular weight excluding hydrogens is 194 g/mol. The van der Waals surface area contributed by atoms with Crippen molar-refractivity contribution in [3.05, 3.63) is 42.5 Å². The van der Waals surface area contributed by atoms with Crippen LogP contribution >= 0.6 is 0 Å². The van der Waals surface area contributed by atoms with Crippen molar-refractivity contribution >= 4 is 5.78 Å². The van der Waals surface area contributed by atoms with E-state index in [0.717, 1.165) is 0 Å². The van der Waals surface area contributed by atoms with Crippen LogP contribution in [0.1, 0.15) is 29.5 Å². The molecule has 0 saturated carbocycles. The molecule has 0 amide bonds. The molecule has 0 bridgehead atoms. The first-order chi connectivity index (χ1) is 7.18. The molecule has 1 unspecified atom stereocenters. The van der Waals surface area contributed by atoms with Crippen molar-refractivity contribution in [1.82, 2.24) is 15.0 Å². The third-order valence-electron chi connectivity index (χ3n) is 1.91. The number of nitrogens with zero attached hydrogens (tertiary/aromatic N) is 3. The Morgan fingerprint density at radius 3 is 2.80 bits per heavy atom. The van der Waals surface area contributed by atoms with Crippen molar-refractivity contribution in [3.63, 3.8) is 0 Å². The summed E-state index contributed by atoms with van der Waals surface area (Å²) in [6.45, 7) is 5.16. The third kappa shape index (κ3) is 1.76. The van der Waals surface area contributed by atoms with E-state index in [2.05, 4.69) is 21.5 Å². The number of allylic oxidation sites excluding steroid dienone is 1. The SMILES string of the molecule is C=C(C)C(=O)c1ncnc(C2C=CO2)n1. The zero-order chi connectivity index (χ0) is 10.8. The second-order valence-corrected chi connectivity index (χ2v) is 3.16. The summed E-state index contributed by atoms with van der Waals surface area (Å²) in [7, 11) is 0. The van der Waals surface area contributed by atoms with Crippen molar-refractivity contribution in [3.8, 4) is 0 Å². The second kappa shape index (κ2) is 3.61. The number of aromatic nitrogens is 3. The van der Waals surface area contributed by atoms with Gasteiger partial charge in [0.05, 0.1) is 6.26 Å². The molecule has 0 spiro atoms. The molecule has 0 saturated heterocycles. The minimum Gasteiger partial charge on any atom is -0.486 e. The highest BCUT2D eigenvalue weighted by molar-refractivity contribution is 6.05. The van der Waals surface area contributed by atoms with Gasteiger partial charge >= 0.3 is 0 Å². The summed E-state index contributed by atoms with van der Waals surface area (Å²) in [4.78, 5) is 23.2. The van der Waals surface area contributed by atoms with Crippen molar-refractivity contribution in [2.75, 3.05) is 0 Å². The second-order valence-electron chi connectivity index (χ2n) is 3.16. The summed E-state index contributed by atoms with van der Waals surface area (Å²) in [6, 6.07) is 0. The molecule has 2 heterocycles. The van der Waals surface area contributed by atoms with Gasteiger partial charge in [0.25, 0.3) is 0 Å². The van der Waals surface area contributed by atoms with Crippen LogP contribution in [0.5, 0.6) is 0 Å². The van der Waals surface area contributed by atoms with Crippen LogP contribution in [0.3, 0.4) is 0 Å². The zero-order valence-corrected chi connectivity index (χ0v) is 8.17. The maximum Gasteiger partial charge on any atom is 0.225 e. The molecule has 0 N–H and O–H groups in total. The van der Waals surface area contributed by atoms with Gasteiger partial charge < -0.3 is 4.74 Å². The predicted molar refractivity (Wildman–Crippen MR) is 51.9 cm³/mol. The maximum absolute atomic E-state index is 11.5. The molecule has 0 fully saturated rings. The Hall–Kier alpha value is -2.04. The predicted octanol–water partition coefficient (Wildman–Crippen LogP) is 1.22. The van der Waals surface area contributed by atoms with Gasteiger partial charge in [-0.05, 0) is 18.6 Å². The smallest absolute Gasteiger partial charge is 0.225 e. The molecule has 1 aromatic heterocycles. The molecule has 1 aliphatic rings. The highest BCUT2D eigenvalue weighted by Crippen LogP contribution is 2.22. The lowest BCUT2D eigenvalue weighted by molar-refractivity contribution is 0.102. The Kier molecular flexibility index (Phi) is 2.29. The van der Waals surface area contributed by atoms with E-state index in [4.69, 9.17) is 4.74 Å².